The lowest BCUT2D eigenvalue weighted by Crippen LogP contribution is -2.01. The molecule has 0 bridgehead atoms. The summed E-state index contributed by atoms with van der Waals surface area (Å²) in [7, 11) is 0. The SMILES string of the molecule is O=[N+]([O-])Cc1cc([N+](=O)[O-])cc([N+](=O)[O-])c1.O=[N+]([O-])c1ccccc1O. The van der Waals surface area contributed by atoms with Gasteiger partial charge in [0.05, 0.1) is 20.8 Å². The lowest BCUT2D eigenvalue weighted by Gasteiger charge is -1.97. The molecule has 13 nitrogen and oxygen atoms in total. The van der Waals surface area contributed by atoms with Crippen LogP contribution in [0.4, 0.5) is 17.1 Å². The Labute approximate surface area is 143 Å². The van der Waals surface area contributed by atoms with Gasteiger partial charge >= 0.3 is 5.69 Å². The molecule has 0 aliphatic heterocycles. The third-order valence-corrected chi connectivity index (χ3v) is 2.77. The molecular weight excluding hydrogens is 356 g/mol. The first-order chi connectivity index (χ1) is 12.1. The Kier molecular flexibility index (Phi) is 6.60. The van der Waals surface area contributed by atoms with Gasteiger partial charge in [-0.1, -0.05) is 12.1 Å². The molecule has 1 N–H and O–H groups in total. The molecule has 0 aromatic heterocycles. The van der Waals surface area contributed by atoms with Crippen LogP contribution in [-0.4, -0.2) is 24.8 Å². The van der Waals surface area contributed by atoms with E-state index in [2.05, 4.69) is 0 Å². The summed E-state index contributed by atoms with van der Waals surface area (Å²) in [6.07, 6.45) is 0. The predicted octanol–water partition coefficient (Wildman–Crippen LogP) is 2.58. The molecule has 0 saturated heterocycles. The third-order valence-electron chi connectivity index (χ3n) is 2.77. The molecule has 2 aromatic carbocycles. The van der Waals surface area contributed by atoms with E-state index in [1.807, 2.05) is 0 Å². The molecular formula is C13H10N4O9. The van der Waals surface area contributed by atoms with Crippen molar-refractivity contribution in [3.63, 3.8) is 0 Å². The lowest BCUT2D eigenvalue weighted by molar-refractivity contribution is -0.497. The average Bonchev–Trinajstić information content (AvgIpc) is 2.54. The molecule has 0 amide bonds. The third kappa shape index (κ3) is 5.80. The van der Waals surface area contributed by atoms with Gasteiger partial charge < -0.3 is 5.11 Å². The summed E-state index contributed by atoms with van der Waals surface area (Å²) < 4.78 is 0. The van der Waals surface area contributed by atoms with E-state index >= 15 is 0 Å². The Balaban J connectivity index is 0.000000289. The minimum atomic E-state index is -0.837. The van der Waals surface area contributed by atoms with Crippen LogP contribution in [0, 0.1) is 40.5 Å². The first-order valence-corrected chi connectivity index (χ1v) is 6.58. The molecule has 136 valence electrons. The highest BCUT2D eigenvalue weighted by molar-refractivity contribution is 5.46. The second kappa shape index (κ2) is 8.62. The number of phenols is 1. The van der Waals surface area contributed by atoms with Gasteiger partial charge in [-0.05, 0) is 6.07 Å². The number of rotatable bonds is 5. The number of para-hydroxylation sites is 2. The molecule has 0 spiro atoms. The van der Waals surface area contributed by atoms with Crippen molar-refractivity contribution in [2.75, 3.05) is 0 Å². The number of aromatic hydroxyl groups is 1. The van der Waals surface area contributed by atoms with Crippen LogP contribution in [0.15, 0.2) is 42.5 Å². The molecule has 26 heavy (non-hydrogen) atoms. The number of hydrogen-bond acceptors (Lipinski definition) is 9. The van der Waals surface area contributed by atoms with Crippen molar-refractivity contribution in [1.82, 2.24) is 0 Å². The van der Waals surface area contributed by atoms with Gasteiger partial charge in [-0.25, -0.2) is 0 Å². The van der Waals surface area contributed by atoms with E-state index in [-0.39, 0.29) is 17.0 Å². The molecule has 0 saturated carbocycles. The number of nitrogens with zero attached hydrogens (tertiary/aromatic N) is 4. The van der Waals surface area contributed by atoms with E-state index in [1.165, 1.54) is 24.3 Å². The zero-order chi connectivity index (χ0) is 19.9. The van der Waals surface area contributed by atoms with E-state index < -0.39 is 37.6 Å². The van der Waals surface area contributed by atoms with Crippen molar-refractivity contribution in [3.8, 4) is 5.75 Å². The first-order valence-electron chi connectivity index (χ1n) is 6.58. The van der Waals surface area contributed by atoms with Gasteiger partial charge in [-0.3, -0.25) is 40.5 Å². The summed E-state index contributed by atoms with van der Waals surface area (Å²) >= 11 is 0. The quantitative estimate of drug-likeness (QED) is 0.611. The summed E-state index contributed by atoms with van der Waals surface area (Å²) in [5.74, 6) is -0.299. The Bertz CT molecular complexity index is 836. The molecule has 0 unspecified atom stereocenters. The smallest absolute Gasteiger partial charge is 0.310 e. The van der Waals surface area contributed by atoms with Crippen LogP contribution in [0.5, 0.6) is 5.75 Å². The number of non-ortho nitro benzene ring substituents is 2. The number of nitro groups is 4. The summed E-state index contributed by atoms with van der Waals surface area (Å²) in [6.45, 7) is -0.692. The number of benzene rings is 2. The Morgan fingerprint density at radius 1 is 0.769 bits per heavy atom. The largest absolute Gasteiger partial charge is 0.502 e. The fourth-order valence-electron chi connectivity index (χ4n) is 1.73. The van der Waals surface area contributed by atoms with Gasteiger partial charge in [0.1, 0.15) is 0 Å². The minimum Gasteiger partial charge on any atom is -0.502 e. The molecule has 0 radical (unpaired) electrons. The highest BCUT2D eigenvalue weighted by atomic mass is 16.6. The van der Waals surface area contributed by atoms with Crippen LogP contribution in [0.3, 0.4) is 0 Å². The first kappa shape index (κ1) is 19.9. The monoisotopic (exact) mass is 366 g/mol. The van der Waals surface area contributed by atoms with Crippen molar-refractivity contribution in [2.24, 2.45) is 0 Å². The maximum Gasteiger partial charge on any atom is 0.310 e. The molecule has 2 rings (SSSR count). The summed E-state index contributed by atoms with van der Waals surface area (Å²) in [5.41, 5.74) is -1.41. The number of hydrogen-bond donors (Lipinski definition) is 1. The van der Waals surface area contributed by atoms with Crippen LogP contribution in [0.2, 0.25) is 0 Å². The second-order valence-electron chi connectivity index (χ2n) is 4.61. The lowest BCUT2D eigenvalue weighted by atomic mass is 10.2. The fraction of sp³-hybridized carbons (Fsp3) is 0.0769. The Morgan fingerprint density at radius 3 is 1.62 bits per heavy atom. The molecule has 13 heteroatoms. The molecule has 2 aromatic rings. The summed E-state index contributed by atoms with van der Waals surface area (Å²) in [5, 5.41) is 50.0. The molecule has 0 heterocycles. The van der Waals surface area contributed by atoms with E-state index in [0.717, 1.165) is 18.2 Å². The maximum absolute atomic E-state index is 10.4. The average molecular weight is 366 g/mol. The van der Waals surface area contributed by atoms with Gasteiger partial charge in [-0.2, -0.15) is 0 Å². The topological polar surface area (TPSA) is 193 Å². The molecule has 0 atom stereocenters. The highest BCUT2D eigenvalue weighted by Gasteiger charge is 2.18. The van der Waals surface area contributed by atoms with Crippen LogP contribution in [-0.2, 0) is 6.54 Å². The van der Waals surface area contributed by atoms with Gasteiger partial charge in [-0.15, -0.1) is 0 Å². The van der Waals surface area contributed by atoms with Crippen molar-refractivity contribution in [1.29, 1.82) is 0 Å². The van der Waals surface area contributed by atoms with E-state index in [0.29, 0.717) is 0 Å². The fourth-order valence-corrected chi connectivity index (χ4v) is 1.73. The Morgan fingerprint density at radius 2 is 1.27 bits per heavy atom. The summed E-state index contributed by atoms with van der Waals surface area (Å²) in [4.78, 5) is 38.1. The zero-order valence-corrected chi connectivity index (χ0v) is 12.8. The van der Waals surface area contributed by atoms with E-state index in [1.54, 1.807) is 0 Å². The molecule has 0 aliphatic rings. The van der Waals surface area contributed by atoms with Gasteiger partial charge in [0.25, 0.3) is 11.4 Å². The number of nitro benzene ring substituents is 3. The Hall–Kier alpha value is -4.16. The van der Waals surface area contributed by atoms with Crippen LogP contribution < -0.4 is 0 Å². The minimum absolute atomic E-state index is 0.0779. The standard InChI is InChI=1S/C7H5N3O6.C6H5NO3/c11-8(12)4-5-1-6(9(13)14)3-7(2-5)10(15)16;8-6-4-2-1-3-5(6)7(9)10/h1-3H,4H2;1-4,8H. The second-order valence-corrected chi connectivity index (χ2v) is 4.61. The van der Waals surface area contributed by atoms with Crippen LogP contribution in [0.1, 0.15) is 5.56 Å². The summed E-state index contributed by atoms with van der Waals surface area (Å²) in [6, 6.07) is 8.18. The molecule has 0 aliphatic carbocycles. The van der Waals surface area contributed by atoms with Gasteiger partial charge in [0, 0.05) is 28.7 Å². The van der Waals surface area contributed by atoms with Crippen molar-refractivity contribution < 1.29 is 24.8 Å². The molecule has 0 fully saturated rings. The van der Waals surface area contributed by atoms with E-state index in [9.17, 15) is 40.5 Å². The highest BCUT2D eigenvalue weighted by Crippen LogP contribution is 2.23. The normalized spacial score (nSPS) is 9.54. The van der Waals surface area contributed by atoms with Crippen LogP contribution in [0.25, 0.3) is 0 Å². The van der Waals surface area contributed by atoms with Gasteiger partial charge in [0.15, 0.2) is 5.75 Å². The van der Waals surface area contributed by atoms with Crippen molar-refractivity contribution >= 4 is 17.1 Å². The van der Waals surface area contributed by atoms with E-state index in [4.69, 9.17) is 5.11 Å². The maximum atomic E-state index is 10.4. The predicted molar refractivity (Wildman–Crippen MR) is 85.2 cm³/mol. The number of phenolic OH excluding ortho intramolecular Hbond substituents is 1. The van der Waals surface area contributed by atoms with Crippen molar-refractivity contribution in [2.45, 2.75) is 6.54 Å². The zero-order valence-electron chi connectivity index (χ0n) is 12.8. The van der Waals surface area contributed by atoms with Gasteiger partial charge in [0.2, 0.25) is 6.54 Å². The van der Waals surface area contributed by atoms with Crippen molar-refractivity contribution in [3.05, 3.63) is 88.5 Å². The van der Waals surface area contributed by atoms with Crippen LogP contribution >= 0.6 is 0 Å².